The molecule has 0 bridgehead atoms. The Morgan fingerprint density at radius 3 is 2.51 bits per heavy atom. The molecule has 25 heteroatoms. The molecule has 0 aliphatic carbocycles. The van der Waals surface area contributed by atoms with Gasteiger partial charge in [-0.05, 0) is 11.5 Å². The van der Waals surface area contributed by atoms with Crippen LogP contribution in [0, 0.1) is 15.5 Å². The second-order valence-electron chi connectivity index (χ2n) is 12.0. The zero-order valence-corrected chi connectivity index (χ0v) is 34.2. The third kappa shape index (κ3) is 9.81. The summed E-state index contributed by atoms with van der Waals surface area (Å²) in [5.41, 5.74) is 5.11. The molecule has 21 nitrogen and oxygen atoms in total. The number of nitrogen functional groups attached to an aromatic ring is 1. The molecule has 3 aromatic heterocycles. The van der Waals surface area contributed by atoms with E-state index in [2.05, 4.69) is 19.3 Å². The molecule has 1 aromatic carbocycles. The molecule has 3 N–H and O–H groups in total. The number of nitro benzene ring substituents is 1. The molecule has 5 rings (SSSR count). The molecule has 1 aliphatic heterocycles. The number of fused-ring (bicyclic) bond motifs is 1. The van der Waals surface area contributed by atoms with Gasteiger partial charge in [-0.1, -0.05) is 37.9 Å². The number of ether oxygens (including phenoxy) is 3. The number of phosphoric acid groups is 1. The average Bonchev–Trinajstić information content (AvgIpc) is 3.72. The fourth-order valence-corrected chi connectivity index (χ4v) is 7.57. The molecule has 0 saturated carbocycles. The molecule has 0 spiro atoms. The van der Waals surface area contributed by atoms with E-state index in [9.17, 15) is 39.2 Å². The van der Waals surface area contributed by atoms with Crippen molar-refractivity contribution in [2.45, 2.75) is 51.4 Å². The van der Waals surface area contributed by atoms with Crippen molar-refractivity contribution in [3.63, 3.8) is 0 Å². The Kier molecular flexibility index (Phi) is 14.6. The van der Waals surface area contributed by atoms with Crippen LogP contribution in [0.4, 0.5) is 11.6 Å². The van der Waals surface area contributed by atoms with E-state index in [1.165, 1.54) is 34.6 Å². The maximum Gasteiger partial charge on any atom is 1.00 e. The van der Waals surface area contributed by atoms with Crippen LogP contribution in [-0.2, 0) is 39.2 Å². The second kappa shape index (κ2) is 17.1. The quantitative estimate of drug-likeness (QED) is 0.0319. The Balaban J connectivity index is 0.00000351. The summed E-state index contributed by atoms with van der Waals surface area (Å²) >= 11 is 0. The number of hydrogen-bond acceptors (Lipinski definition) is 17. The topological polar surface area (TPSA) is 291 Å². The van der Waals surface area contributed by atoms with E-state index < -0.39 is 75.8 Å². The minimum absolute atomic E-state index is 0. The largest absolute Gasteiger partial charge is 1.00 e. The number of hydrogen-bond donors (Lipinski definition) is 2. The van der Waals surface area contributed by atoms with E-state index in [1.54, 1.807) is 32.9 Å². The van der Waals surface area contributed by atoms with Gasteiger partial charge >= 0.3 is 64.8 Å². The molecular formula is C26H32N8Na2O13P2. The predicted octanol–water partition coefficient (Wildman–Crippen LogP) is -6.05. The SMILES string of the molecule is Cn1c[n+]([C@@H]2O[C@H](COP(=O)([O-])OP(=O)([O-])n3ccnc3)[C@H](O)C2OCOC(c2ccccc2[N+](=O)[O-])C(C)(C)C)c2nc(N)nc([O-])c21.[Na+].[Na+]. The normalized spacial score (nSPS) is 22.0. The van der Waals surface area contributed by atoms with Crippen molar-refractivity contribution < 1.29 is 121 Å². The van der Waals surface area contributed by atoms with E-state index in [-0.39, 0.29) is 87.5 Å². The monoisotopic (exact) mass is 772 g/mol. The van der Waals surface area contributed by atoms with E-state index in [0.717, 1.165) is 18.7 Å². The Morgan fingerprint density at radius 1 is 1.20 bits per heavy atom. The van der Waals surface area contributed by atoms with Crippen LogP contribution < -0.4 is 84.3 Å². The number of aromatic nitrogens is 6. The third-order valence-electron chi connectivity index (χ3n) is 7.40. The Hall–Kier alpha value is -1.88. The molecule has 266 valence electrons. The number of aryl methyl sites for hydroxylation is 1. The first-order valence-electron chi connectivity index (χ1n) is 14.4. The minimum Gasteiger partial charge on any atom is -0.856 e. The van der Waals surface area contributed by atoms with Crippen molar-refractivity contribution in [2.75, 3.05) is 19.1 Å². The Labute approximate surface area is 334 Å². The molecule has 51 heavy (non-hydrogen) atoms. The molecule has 0 radical (unpaired) electrons. The molecule has 1 saturated heterocycles. The van der Waals surface area contributed by atoms with E-state index in [0.29, 0.717) is 4.34 Å². The van der Waals surface area contributed by atoms with Crippen molar-refractivity contribution in [2.24, 2.45) is 12.5 Å². The number of aliphatic hydroxyl groups excluding tert-OH is 1. The van der Waals surface area contributed by atoms with Gasteiger partial charge in [-0.3, -0.25) is 32.5 Å². The van der Waals surface area contributed by atoms with Crippen molar-refractivity contribution >= 4 is 38.4 Å². The van der Waals surface area contributed by atoms with Crippen LogP contribution in [0.5, 0.6) is 5.88 Å². The molecule has 4 unspecified atom stereocenters. The molecule has 4 heterocycles. The van der Waals surface area contributed by atoms with Gasteiger partial charge in [-0.2, -0.15) is 0 Å². The molecule has 0 amide bonds. The van der Waals surface area contributed by atoms with Crippen LogP contribution in [-0.4, -0.2) is 65.6 Å². The van der Waals surface area contributed by atoms with Gasteiger partial charge in [0.2, 0.25) is 14.0 Å². The number of aliphatic hydroxyl groups is 1. The van der Waals surface area contributed by atoms with Gasteiger partial charge in [-0.15, -0.1) is 0 Å². The summed E-state index contributed by atoms with van der Waals surface area (Å²) in [4.78, 5) is 47.3. The van der Waals surface area contributed by atoms with Gasteiger partial charge < -0.3 is 44.5 Å². The molecule has 1 aliphatic rings. The number of nitro groups is 1. The van der Waals surface area contributed by atoms with Crippen LogP contribution in [0.2, 0.25) is 0 Å². The van der Waals surface area contributed by atoms with Crippen molar-refractivity contribution in [1.29, 1.82) is 0 Å². The number of rotatable bonds is 13. The zero-order chi connectivity index (χ0) is 35.9. The smallest absolute Gasteiger partial charge is 0.856 e. The van der Waals surface area contributed by atoms with Gasteiger partial charge in [0, 0.05) is 24.3 Å². The summed E-state index contributed by atoms with van der Waals surface area (Å²) in [6.45, 7) is 3.88. The summed E-state index contributed by atoms with van der Waals surface area (Å²) in [6.07, 6.45) is -2.57. The molecular weight excluding hydrogens is 740 g/mol. The summed E-state index contributed by atoms with van der Waals surface area (Å²) in [6, 6.07) is 6.02. The summed E-state index contributed by atoms with van der Waals surface area (Å²) in [5.74, 6) is -1.08. The average molecular weight is 773 g/mol. The van der Waals surface area contributed by atoms with Gasteiger partial charge in [0.25, 0.3) is 19.5 Å². The molecule has 7 atom stereocenters. The van der Waals surface area contributed by atoms with Crippen LogP contribution in [0.15, 0.2) is 49.3 Å². The fraction of sp³-hybridized carbons (Fsp3) is 0.462. The van der Waals surface area contributed by atoms with Crippen LogP contribution in [0.1, 0.15) is 38.7 Å². The number of phosphoric ester groups is 1. The number of imidazole rings is 2. The van der Waals surface area contributed by atoms with Gasteiger partial charge in [-0.25, -0.2) is 14.5 Å². The standard InChI is InChI=1S/C26H34N8O13P2.2Na/c1-26(2,3)21(15-7-5-6-8-16(15)34(37)38)44-14-43-20-19(35)17(11-45-49(41,42)47-48(39,40)32-10-9-28-12-32)46-24(20)33-13-31(4)18-22(33)29-25(27)30-23(18)36;;/h5-10,12-13,17,19-21,24,35H,11,14H2,1-4H3,(H4-,27,29,30,36,39,40,41,42);;/q;2*+1/p-2/t17-,19+,20?,21?,24-;;/m1../s1. The Morgan fingerprint density at radius 2 is 1.88 bits per heavy atom. The van der Waals surface area contributed by atoms with E-state index in [1.807, 2.05) is 0 Å². The summed E-state index contributed by atoms with van der Waals surface area (Å²) in [7, 11) is -9.28. The maximum absolute atomic E-state index is 12.6. The molecule has 4 aromatic rings. The van der Waals surface area contributed by atoms with Crippen molar-refractivity contribution in [1.82, 2.24) is 23.9 Å². The number of para-hydroxylation sites is 1. The van der Waals surface area contributed by atoms with Gasteiger partial charge in [0.1, 0.15) is 31.4 Å². The Bertz CT molecular complexity index is 1930. The minimum atomic E-state index is -5.57. The first kappa shape index (κ1) is 43.5. The predicted molar refractivity (Wildman–Crippen MR) is 158 cm³/mol. The third-order valence-corrected chi connectivity index (χ3v) is 10.3. The van der Waals surface area contributed by atoms with Crippen molar-refractivity contribution in [3.8, 4) is 5.88 Å². The first-order chi connectivity index (χ1) is 22.9. The zero-order valence-electron chi connectivity index (χ0n) is 28.4. The molecule has 1 fully saturated rings. The number of anilines is 1. The number of nitrogens with zero attached hydrogens (tertiary/aromatic N) is 7. The van der Waals surface area contributed by atoms with Crippen molar-refractivity contribution in [3.05, 3.63) is 65.0 Å². The van der Waals surface area contributed by atoms with Gasteiger partial charge in [0.05, 0.1) is 30.2 Å². The van der Waals surface area contributed by atoms with Crippen LogP contribution >= 0.6 is 15.6 Å². The van der Waals surface area contributed by atoms with E-state index >= 15 is 0 Å². The number of benzene rings is 1. The summed E-state index contributed by atoms with van der Waals surface area (Å²) in [5, 5.41) is 35.7. The number of nitrogens with two attached hydrogens (primary N) is 1. The van der Waals surface area contributed by atoms with Crippen LogP contribution in [0.3, 0.4) is 0 Å². The maximum atomic E-state index is 12.6. The van der Waals surface area contributed by atoms with Gasteiger partial charge in [0.15, 0.2) is 11.8 Å². The van der Waals surface area contributed by atoms with Crippen LogP contribution in [0.25, 0.3) is 11.2 Å². The summed E-state index contributed by atoms with van der Waals surface area (Å²) < 4.78 is 54.9. The second-order valence-corrected chi connectivity index (χ2v) is 15.2. The fourth-order valence-electron chi connectivity index (χ4n) is 5.29. The first-order valence-corrected chi connectivity index (χ1v) is 17.3. The van der Waals surface area contributed by atoms with E-state index in [4.69, 9.17) is 24.5 Å².